The predicted molar refractivity (Wildman–Crippen MR) is 88.1 cm³/mol. The summed E-state index contributed by atoms with van der Waals surface area (Å²) in [6.07, 6.45) is 0. The molecule has 2 rings (SSSR count). The summed E-state index contributed by atoms with van der Waals surface area (Å²) in [5.74, 6) is -0.196. The van der Waals surface area contributed by atoms with Gasteiger partial charge in [-0.15, -0.1) is 0 Å². The summed E-state index contributed by atoms with van der Waals surface area (Å²) >= 11 is 17.8. The molecule has 2 aromatic carbocycles. The number of hydrogen-bond donors (Lipinski definition) is 1. The third kappa shape index (κ3) is 3.82. The summed E-state index contributed by atoms with van der Waals surface area (Å²) < 4.78 is 0. The molecular weight excluding hydrogens is 331 g/mol. The number of benzene rings is 2. The van der Waals surface area contributed by atoms with Gasteiger partial charge < -0.3 is 10.6 Å². The zero-order valence-electron chi connectivity index (χ0n) is 11.2. The van der Waals surface area contributed by atoms with Crippen LogP contribution >= 0.6 is 34.8 Å². The number of carbonyl (C=O) groups excluding carboxylic acids is 1. The van der Waals surface area contributed by atoms with Gasteiger partial charge in [-0.25, -0.2) is 0 Å². The van der Waals surface area contributed by atoms with Gasteiger partial charge in [0, 0.05) is 24.2 Å². The lowest BCUT2D eigenvalue weighted by atomic mass is 10.1. The van der Waals surface area contributed by atoms with Crippen molar-refractivity contribution in [3.05, 3.63) is 62.6 Å². The van der Waals surface area contributed by atoms with E-state index in [1.54, 1.807) is 18.0 Å². The average molecular weight is 344 g/mol. The van der Waals surface area contributed by atoms with Crippen molar-refractivity contribution in [2.45, 2.75) is 6.54 Å². The number of nitrogen functional groups attached to an aromatic ring is 1. The Morgan fingerprint density at radius 1 is 1.14 bits per heavy atom. The van der Waals surface area contributed by atoms with Crippen molar-refractivity contribution in [2.75, 3.05) is 12.8 Å². The molecule has 0 spiro atoms. The highest BCUT2D eigenvalue weighted by atomic mass is 35.5. The number of anilines is 1. The monoisotopic (exact) mass is 342 g/mol. The van der Waals surface area contributed by atoms with Gasteiger partial charge in [-0.3, -0.25) is 4.79 Å². The van der Waals surface area contributed by atoms with E-state index in [1.165, 1.54) is 12.1 Å². The smallest absolute Gasteiger partial charge is 0.254 e. The van der Waals surface area contributed by atoms with Crippen molar-refractivity contribution >= 4 is 46.4 Å². The fraction of sp³-hybridized carbons (Fsp3) is 0.133. The molecule has 3 nitrogen and oxygen atoms in total. The second-order valence-electron chi connectivity index (χ2n) is 4.64. The molecule has 0 saturated carbocycles. The van der Waals surface area contributed by atoms with Gasteiger partial charge in [-0.05, 0) is 29.8 Å². The molecule has 0 unspecified atom stereocenters. The minimum atomic E-state index is -0.196. The van der Waals surface area contributed by atoms with E-state index in [4.69, 9.17) is 40.5 Å². The number of nitrogens with two attached hydrogens (primary N) is 1. The molecule has 0 bridgehead atoms. The molecule has 0 saturated heterocycles. The van der Waals surface area contributed by atoms with Gasteiger partial charge in [0.25, 0.3) is 5.91 Å². The second kappa shape index (κ2) is 6.56. The van der Waals surface area contributed by atoms with E-state index in [9.17, 15) is 4.79 Å². The first-order chi connectivity index (χ1) is 9.88. The molecule has 6 heteroatoms. The quantitative estimate of drug-likeness (QED) is 0.834. The lowest BCUT2D eigenvalue weighted by Crippen LogP contribution is -2.26. The number of nitrogens with zero attached hydrogens (tertiary/aromatic N) is 1. The molecule has 21 heavy (non-hydrogen) atoms. The number of halogens is 3. The minimum Gasteiger partial charge on any atom is -0.396 e. The van der Waals surface area contributed by atoms with Crippen LogP contribution in [-0.4, -0.2) is 17.9 Å². The fourth-order valence-corrected chi connectivity index (χ4v) is 2.61. The summed E-state index contributed by atoms with van der Waals surface area (Å²) in [6.45, 7) is 0.430. The normalized spacial score (nSPS) is 10.5. The number of amides is 1. The topological polar surface area (TPSA) is 46.3 Å². The van der Waals surface area contributed by atoms with Crippen LogP contribution in [0.3, 0.4) is 0 Å². The van der Waals surface area contributed by atoms with Crippen LogP contribution in [0.4, 0.5) is 5.69 Å². The minimum absolute atomic E-state index is 0.196. The number of hydrogen-bond acceptors (Lipinski definition) is 2. The van der Waals surface area contributed by atoms with Crippen molar-refractivity contribution in [3.63, 3.8) is 0 Å². The van der Waals surface area contributed by atoms with Crippen LogP contribution in [-0.2, 0) is 6.54 Å². The lowest BCUT2D eigenvalue weighted by Gasteiger charge is -2.18. The third-order valence-electron chi connectivity index (χ3n) is 2.98. The fourth-order valence-electron chi connectivity index (χ4n) is 1.91. The van der Waals surface area contributed by atoms with E-state index in [0.29, 0.717) is 17.1 Å². The SMILES string of the molecule is CN(Cc1cccc(Cl)c1)C(=O)c1cc(Cl)c(N)c(Cl)c1. The first-order valence-electron chi connectivity index (χ1n) is 6.13. The van der Waals surface area contributed by atoms with Crippen LogP contribution < -0.4 is 5.73 Å². The highest BCUT2D eigenvalue weighted by Gasteiger charge is 2.15. The maximum Gasteiger partial charge on any atom is 0.254 e. The van der Waals surface area contributed by atoms with Gasteiger partial charge in [0.05, 0.1) is 15.7 Å². The van der Waals surface area contributed by atoms with E-state index in [0.717, 1.165) is 5.56 Å². The Kier molecular flexibility index (Phi) is 4.99. The van der Waals surface area contributed by atoms with E-state index < -0.39 is 0 Å². The molecule has 2 N–H and O–H groups in total. The van der Waals surface area contributed by atoms with Crippen molar-refractivity contribution in [1.82, 2.24) is 4.90 Å². The molecular formula is C15H13Cl3N2O. The first-order valence-corrected chi connectivity index (χ1v) is 7.26. The van der Waals surface area contributed by atoms with Crippen LogP contribution in [0, 0.1) is 0 Å². The molecule has 0 fully saturated rings. The summed E-state index contributed by atoms with van der Waals surface area (Å²) in [5, 5.41) is 1.16. The van der Waals surface area contributed by atoms with E-state index in [2.05, 4.69) is 0 Å². The molecule has 0 atom stereocenters. The predicted octanol–water partition coefficient (Wildman–Crippen LogP) is 4.50. The molecule has 0 aromatic heterocycles. The van der Waals surface area contributed by atoms with Gasteiger partial charge in [-0.2, -0.15) is 0 Å². The van der Waals surface area contributed by atoms with Crippen LogP contribution in [0.5, 0.6) is 0 Å². The van der Waals surface area contributed by atoms with Gasteiger partial charge in [0.2, 0.25) is 0 Å². The molecule has 2 aromatic rings. The summed E-state index contributed by atoms with van der Waals surface area (Å²) in [6, 6.07) is 10.4. The summed E-state index contributed by atoms with van der Waals surface area (Å²) in [5.41, 5.74) is 7.26. The molecule has 0 aliphatic heterocycles. The van der Waals surface area contributed by atoms with Crippen molar-refractivity contribution in [1.29, 1.82) is 0 Å². The Morgan fingerprint density at radius 3 is 2.33 bits per heavy atom. The Morgan fingerprint density at radius 2 is 1.76 bits per heavy atom. The van der Waals surface area contributed by atoms with Crippen molar-refractivity contribution in [2.24, 2.45) is 0 Å². The van der Waals surface area contributed by atoms with Gasteiger partial charge >= 0.3 is 0 Å². The Balaban J connectivity index is 2.20. The van der Waals surface area contributed by atoms with E-state index >= 15 is 0 Å². The second-order valence-corrected chi connectivity index (χ2v) is 5.90. The standard InChI is InChI=1S/C15H13Cl3N2O/c1-20(8-9-3-2-4-11(16)5-9)15(21)10-6-12(17)14(19)13(18)7-10/h2-7H,8,19H2,1H3. The van der Waals surface area contributed by atoms with Crippen LogP contribution in [0.25, 0.3) is 0 Å². The Bertz CT molecular complexity index is 665. The highest BCUT2D eigenvalue weighted by Crippen LogP contribution is 2.29. The van der Waals surface area contributed by atoms with Gasteiger partial charge in [0.1, 0.15) is 0 Å². The molecule has 0 radical (unpaired) electrons. The van der Waals surface area contributed by atoms with Crippen LogP contribution in [0.2, 0.25) is 15.1 Å². The highest BCUT2D eigenvalue weighted by molar-refractivity contribution is 6.39. The molecule has 0 aliphatic rings. The van der Waals surface area contributed by atoms with E-state index in [-0.39, 0.29) is 21.6 Å². The maximum absolute atomic E-state index is 12.4. The van der Waals surface area contributed by atoms with Gasteiger partial charge in [-0.1, -0.05) is 46.9 Å². The maximum atomic E-state index is 12.4. The summed E-state index contributed by atoms with van der Waals surface area (Å²) in [4.78, 5) is 13.9. The summed E-state index contributed by atoms with van der Waals surface area (Å²) in [7, 11) is 1.70. The van der Waals surface area contributed by atoms with E-state index in [1.807, 2.05) is 18.2 Å². The lowest BCUT2D eigenvalue weighted by molar-refractivity contribution is 0.0785. The van der Waals surface area contributed by atoms with Gasteiger partial charge in [0.15, 0.2) is 0 Å². The first kappa shape index (κ1) is 16.0. The zero-order valence-corrected chi connectivity index (χ0v) is 13.5. The molecule has 0 heterocycles. The average Bonchev–Trinajstić information content (AvgIpc) is 2.43. The Labute approximate surface area is 138 Å². The Hall–Kier alpha value is -1.42. The zero-order chi connectivity index (χ0) is 15.6. The number of carbonyl (C=O) groups is 1. The van der Waals surface area contributed by atoms with Crippen molar-refractivity contribution in [3.8, 4) is 0 Å². The molecule has 110 valence electrons. The largest absolute Gasteiger partial charge is 0.396 e. The third-order valence-corrected chi connectivity index (χ3v) is 3.84. The van der Waals surface area contributed by atoms with Crippen molar-refractivity contribution < 1.29 is 4.79 Å². The molecule has 1 amide bonds. The molecule has 0 aliphatic carbocycles. The number of rotatable bonds is 3. The van der Waals surface area contributed by atoms with Crippen LogP contribution in [0.15, 0.2) is 36.4 Å². The van der Waals surface area contributed by atoms with Crippen LogP contribution in [0.1, 0.15) is 15.9 Å².